The molecule has 12 rings (SSSR count). The van der Waals surface area contributed by atoms with Crippen LogP contribution in [-0.2, 0) is 100 Å². The zero-order valence-electron chi connectivity index (χ0n) is 64.5. The van der Waals surface area contributed by atoms with E-state index in [-0.39, 0.29) is 118 Å². The molecule has 4 aromatic carbocycles. The normalized spacial score (nSPS) is 21.0. The van der Waals surface area contributed by atoms with Crippen LogP contribution < -0.4 is 16.0 Å². The van der Waals surface area contributed by atoms with Crippen molar-refractivity contribution in [2.24, 2.45) is 0 Å². The number of carbonyl (C=O) groups is 11. The lowest BCUT2D eigenvalue weighted by atomic mass is 10.0. The SMILES string of the molecule is CC(C)(C)OC(=O)C(=O)N1C[C@H](F)C[C@H]1C(=O)OCc1ccccc1.CC(C)(C)OC(=O)N1C[C@H](F)C[C@H]1C(=O)O.CC(C)(C)OC(=O)N1C[C@H](F)C[C@H]1C(=O)OCc1ccccc1.Cc1c(C(=O)C(=O)NC2(c3cn[nH]n3)CC2)c2n(c1C(=O)Nc1ccc(F)c(Cl)c1)C[C@H](F)C2.O=C(OCc1ccccc1)[C@@H]1C[C@@H](F)CN1. The van der Waals surface area contributed by atoms with Gasteiger partial charge in [0.05, 0.1) is 48.5 Å². The van der Waals surface area contributed by atoms with E-state index in [9.17, 15) is 79.1 Å². The molecule has 616 valence electrons. The summed E-state index contributed by atoms with van der Waals surface area (Å²) in [5.41, 5.74) is 0.883. The Morgan fingerprint density at radius 2 is 1.05 bits per heavy atom. The molecule has 114 heavy (non-hydrogen) atoms. The van der Waals surface area contributed by atoms with Crippen molar-refractivity contribution >= 4 is 82.8 Å². The minimum absolute atomic E-state index is 0.0101. The maximum atomic E-state index is 14.3. The van der Waals surface area contributed by atoms with Gasteiger partial charge >= 0.3 is 47.9 Å². The second kappa shape index (κ2) is 38.8. The largest absolute Gasteiger partial charge is 0.480 e. The smallest absolute Gasteiger partial charge is 0.411 e. The molecule has 0 bridgehead atoms. The minimum atomic E-state index is -1.39. The summed E-state index contributed by atoms with van der Waals surface area (Å²) in [6, 6.07) is 27.6. The number of anilines is 1. The number of ether oxygens (including phenoxy) is 6. The van der Waals surface area contributed by atoms with Crippen LogP contribution in [-0.4, -0.2) is 203 Å². The Bertz CT molecular complexity index is 4390. The Balaban J connectivity index is 0.000000184. The summed E-state index contributed by atoms with van der Waals surface area (Å²) in [7, 11) is 0. The molecule has 5 amide bonds. The maximum absolute atomic E-state index is 14.3. The highest BCUT2D eigenvalue weighted by molar-refractivity contribution is 6.44. The number of likely N-dealkylation sites (tertiary alicyclic amines) is 3. The number of H-pyrrole nitrogens is 1. The number of carboxylic acid groups (broad SMARTS) is 1. The molecule has 1 aliphatic carbocycles. The predicted molar refractivity (Wildman–Crippen MR) is 398 cm³/mol. The molecule has 35 heteroatoms. The van der Waals surface area contributed by atoms with Crippen molar-refractivity contribution in [1.82, 2.24) is 45.3 Å². The van der Waals surface area contributed by atoms with Crippen LogP contribution in [0.15, 0.2) is 115 Å². The lowest BCUT2D eigenvalue weighted by Crippen LogP contribution is -2.46. The standard InChI is InChI=1S/C22H19ClF2N6O3.C18H22FNO5.C17H22FNO4.C12H14FNO2.C10H16FNO4/c1-10-17(19(32)21(34)28-22(4-5-22)16-8-26-30-29-16)15-6-11(24)9-31(15)18(10)20(33)27-12-2-3-14(25)13(23)7-12;1-18(2,3)25-17(23)15(21)20-10-13(19)9-14(20)16(22)24-11-12-7-5-4-6-8-12;1-17(2,3)23-16(21)19-10-13(18)9-14(19)15(20)22-11-12-7-5-4-6-8-12;13-10-6-11(14-7-10)12(15)16-8-9-4-2-1-3-5-9;1-10(2,3)16-9(15)12-5-6(11)4-7(12)8(13)14/h2-3,7-8,11H,4-6,9H2,1H3,(H,27,33)(H,28,34)(H,26,29,30);4-8,13-14H,9-11H2,1-3H3;4-8,13-14H,9-11H2,1-3H3;1-5,10-11,14H,6-8H2;6-7H,4-5H2,1-3H3,(H,13,14)/t11-;2*13-,14+;10-,11+;6-,7+/m11111/s1. The van der Waals surface area contributed by atoms with Crippen molar-refractivity contribution in [1.29, 1.82) is 0 Å². The van der Waals surface area contributed by atoms with Crippen LogP contribution in [0, 0.1) is 12.7 Å². The number of halogens is 7. The number of nitrogens with one attached hydrogen (secondary N) is 4. The van der Waals surface area contributed by atoms with Crippen molar-refractivity contribution in [2.45, 2.75) is 218 Å². The van der Waals surface area contributed by atoms with Crippen LogP contribution in [0.5, 0.6) is 0 Å². The molecule has 2 aromatic heterocycles. The van der Waals surface area contributed by atoms with E-state index in [1.807, 2.05) is 66.7 Å². The number of aliphatic carboxylic acids is 1. The number of hydrogen-bond acceptors (Lipinski definition) is 20. The first kappa shape index (κ1) is 88.7. The van der Waals surface area contributed by atoms with Gasteiger partial charge in [-0.2, -0.15) is 15.4 Å². The number of nitrogens with zero attached hydrogens (tertiary/aromatic N) is 6. The van der Waals surface area contributed by atoms with E-state index in [2.05, 4.69) is 31.4 Å². The summed E-state index contributed by atoms with van der Waals surface area (Å²) in [5.74, 6) is -8.05. The number of aromatic nitrogens is 4. The lowest BCUT2D eigenvalue weighted by Gasteiger charge is -2.27. The van der Waals surface area contributed by atoms with Gasteiger partial charge in [-0.1, -0.05) is 103 Å². The fraction of sp³-hybridized carbons (Fsp3) is 0.481. The van der Waals surface area contributed by atoms with Crippen molar-refractivity contribution in [2.75, 3.05) is 31.5 Å². The van der Waals surface area contributed by atoms with Gasteiger partial charge in [0.25, 0.3) is 17.6 Å². The summed E-state index contributed by atoms with van der Waals surface area (Å²) in [6.07, 6.45) is -5.27. The average molecular weight is 1620 g/mol. The van der Waals surface area contributed by atoms with Crippen molar-refractivity contribution in [3.05, 3.63) is 171 Å². The Morgan fingerprint density at radius 3 is 1.49 bits per heavy atom. The average Bonchev–Trinajstić information content (AvgIpc) is 1.59. The number of aromatic amines is 1. The molecular weight excluding hydrogens is 1530 g/mol. The van der Waals surface area contributed by atoms with E-state index < -0.39 is 143 Å². The van der Waals surface area contributed by atoms with E-state index in [1.54, 1.807) is 86.6 Å². The number of rotatable bonds is 16. The third-order valence-electron chi connectivity index (χ3n) is 17.9. The summed E-state index contributed by atoms with van der Waals surface area (Å²) in [6.45, 7) is 16.3. The Hall–Kier alpha value is -10.9. The van der Waals surface area contributed by atoms with Crippen LogP contribution in [0.1, 0.15) is 155 Å². The number of alkyl halides is 5. The molecule has 5 aliphatic heterocycles. The second-order valence-corrected chi connectivity index (χ2v) is 31.1. The van der Waals surface area contributed by atoms with Gasteiger partial charge in [0.1, 0.15) is 109 Å². The van der Waals surface area contributed by atoms with Crippen LogP contribution in [0.2, 0.25) is 5.02 Å². The maximum Gasteiger partial charge on any atom is 0.411 e. The van der Waals surface area contributed by atoms with Crippen LogP contribution in [0.4, 0.5) is 41.6 Å². The molecule has 7 heterocycles. The minimum Gasteiger partial charge on any atom is -0.480 e. The van der Waals surface area contributed by atoms with Gasteiger partial charge in [-0.05, 0) is 123 Å². The predicted octanol–water partition coefficient (Wildman–Crippen LogP) is 10.8. The number of fused-ring (bicyclic) bond motifs is 1. The molecule has 6 aliphatic rings. The molecule has 5 N–H and O–H groups in total. The van der Waals surface area contributed by atoms with Gasteiger partial charge in [-0.3, -0.25) is 33.8 Å². The summed E-state index contributed by atoms with van der Waals surface area (Å²) in [4.78, 5) is 137. The molecule has 4 saturated heterocycles. The molecule has 5 fully saturated rings. The summed E-state index contributed by atoms with van der Waals surface area (Å²) in [5, 5.41) is 27.0. The number of hydrogen-bond donors (Lipinski definition) is 5. The Morgan fingerprint density at radius 1 is 0.588 bits per heavy atom. The molecule has 9 atom stereocenters. The molecule has 0 radical (unpaired) electrons. The first-order valence-electron chi connectivity index (χ1n) is 36.6. The van der Waals surface area contributed by atoms with Crippen LogP contribution in [0.3, 0.4) is 0 Å². The zero-order valence-corrected chi connectivity index (χ0v) is 65.2. The first-order chi connectivity index (χ1) is 53.6. The highest BCUT2D eigenvalue weighted by Gasteiger charge is 2.50. The van der Waals surface area contributed by atoms with Crippen molar-refractivity contribution < 1.29 is 113 Å². The fourth-order valence-corrected chi connectivity index (χ4v) is 12.7. The highest BCUT2D eigenvalue weighted by Crippen LogP contribution is 2.44. The molecule has 6 aromatic rings. The van der Waals surface area contributed by atoms with Gasteiger partial charge in [-0.25, -0.2) is 55.1 Å². The number of carbonyl (C=O) groups excluding carboxylic acids is 10. The third-order valence-corrected chi connectivity index (χ3v) is 18.2. The summed E-state index contributed by atoms with van der Waals surface area (Å²) < 4.78 is 113. The molecule has 0 unspecified atom stereocenters. The summed E-state index contributed by atoms with van der Waals surface area (Å²) >= 11 is 5.78. The molecule has 28 nitrogen and oxygen atoms in total. The van der Waals surface area contributed by atoms with E-state index in [1.165, 1.54) is 29.8 Å². The lowest BCUT2D eigenvalue weighted by molar-refractivity contribution is -0.170. The number of benzene rings is 4. The van der Waals surface area contributed by atoms with Gasteiger partial charge in [0.15, 0.2) is 0 Å². The monoisotopic (exact) mass is 1620 g/mol. The Kier molecular flexibility index (Phi) is 30.1. The van der Waals surface area contributed by atoms with Crippen LogP contribution >= 0.6 is 11.6 Å². The van der Waals surface area contributed by atoms with Crippen molar-refractivity contribution in [3.63, 3.8) is 0 Å². The molecule has 0 spiro atoms. The fourth-order valence-electron chi connectivity index (χ4n) is 12.5. The van der Waals surface area contributed by atoms with Crippen molar-refractivity contribution in [3.8, 4) is 0 Å². The zero-order chi connectivity index (χ0) is 83.7. The van der Waals surface area contributed by atoms with E-state index in [0.29, 0.717) is 24.2 Å². The number of ketones is 1. The number of Topliss-reactive ketones (excluding diaryl/α,β-unsaturated/α-hetero) is 1. The third kappa shape index (κ3) is 25.3. The molecule has 1 saturated carbocycles. The number of amides is 5. The van der Waals surface area contributed by atoms with E-state index in [0.717, 1.165) is 37.5 Å². The van der Waals surface area contributed by atoms with Gasteiger partial charge < -0.3 is 58.9 Å². The quantitative estimate of drug-likeness (QED) is 0.0198. The van der Waals surface area contributed by atoms with Gasteiger partial charge in [-0.15, -0.1) is 0 Å². The second-order valence-electron chi connectivity index (χ2n) is 30.7. The Labute approximate surface area is 658 Å². The topological polar surface area (TPSA) is 356 Å². The van der Waals surface area contributed by atoms with Gasteiger partial charge in [0.2, 0.25) is 0 Å². The van der Waals surface area contributed by atoms with Crippen LogP contribution in [0.25, 0.3) is 0 Å². The number of esters is 4. The van der Waals surface area contributed by atoms with E-state index in [4.69, 9.17) is 45.1 Å². The van der Waals surface area contributed by atoms with E-state index >= 15 is 0 Å². The first-order valence-corrected chi connectivity index (χ1v) is 37.0. The number of carboxylic acids is 1. The molecular formula is C79H93ClF6N10O18. The van der Waals surface area contributed by atoms with Gasteiger partial charge in [0, 0.05) is 50.0 Å². The highest BCUT2D eigenvalue weighted by atomic mass is 35.5.